The summed E-state index contributed by atoms with van der Waals surface area (Å²) in [5, 5.41) is -0.361. The van der Waals surface area contributed by atoms with Crippen LogP contribution in [0, 0.1) is 0 Å². The van der Waals surface area contributed by atoms with Gasteiger partial charge in [-0.25, -0.2) is 0 Å². The van der Waals surface area contributed by atoms with E-state index in [4.69, 9.17) is 11.6 Å². The Morgan fingerprint density at radius 2 is 1.06 bits per heavy atom. The monoisotopic (exact) mass is 513 g/mol. The fraction of sp³-hybridized carbons (Fsp3) is 0.818. The molecule has 0 saturated carbocycles. The molecule has 0 aromatic rings. The van der Waals surface area contributed by atoms with Crippen molar-refractivity contribution in [3.8, 4) is 0 Å². The predicted molar refractivity (Wildman–Crippen MR) is 136 cm³/mol. The van der Waals surface area contributed by atoms with Crippen LogP contribution in [0.2, 0.25) is 0 Å². The van der Waals surface area contributed by atoms with E-state index in [9.17, 15) is 19.2 Å². The molecule has 33 heavy (non-hydrogen) atoms. The van der Waals surface area contributed by atoms with Crippen molar-refractivity contribution in [2.75, 3.05) is 65.3 Å². The molecule has 0 aromatic heterocycles. The van der Waals surface area contributed by atoms with Gasteiger partial charge in [0, 0.05) is 33.9 Å². The van der Waals surface area contributed by atoms with Crippen LogP contribution in [0.25, 0.3) is 0 Å². The highest BCUT2D eigenvalue weighted by Crippen LogP contribution is 2.05. The summed E-state index contributed by atoms with van der Waals surface area (Å²) in [6.07, 6.45) is 0.727. The molecule has 0 radical (unpaired) electrons. The SMILES string of the molecule is CC(=O)Cl.CCN(CC=O)C(C)=O.CCN(CCl)C(C)=O.CCN1CN(CC)CN(CC)C1. The van der Waals surface area contributed by atoms with Crippen LogP contribution in [0.5, 0.6) is 0 Å². The minimum atomic E-state index is -0.361. The van der Waals surface area contributed by atoms with Gasteiger partial charge in [0.25, 0.3) is 0 Å². The summed E-state index contributed by atoms with van der Waals surface area (Å²) in [5.41, 5.74) is 0. The van der Waals surface area contributed by atoms with E-state index >= 15 is 0 Å². The zero-order chi connectivity index (χ0) is 26.4. The fourth-order valence-corrected chi connectivity index (χ4v) is 2.88. The van der Waals surface area contributed by atoms with E-state index in [1.54, 1.807) is 4.90 Å². The molecule has 0 aliphatic carbocycles. The summed E-state index contributed by atoms with van der Waals surface area (Å²) in [4.78, 5) is 50.5. The first kappa shape index (κ1) is 36.3. The van der Waals surface area contributed by atoms with E-state index in [1.807, 2.05) is 13.8 Å². The number of rotatable bonds is 8. The number of aldehydes is 1. The number of amides is 2. The largest absolute Gasteiger partial charge is 0.336 e. The second-order valence-corrected chi connectivity index (χ2v) is 7.85. The maximum atomic E-state index is 10.5. The molecule has 1 aliphatic rings. The van der Waals surface area contributed by atoms with Crippen LogP contribution in [-0.2, 0) is 19.2 Å². The molecule has 0 aromatic carbocycles. The minimum Gasteiger partial charge on any atom is -0.336 e. The fourth-order valence-electron chi connectivity index (χ4n) is 2.54. The lowest BCUT2D eigenvalue weighted by molar-refractivity contribution is -0.130. The molecule has 9 nitrogen and oxygen atoms in total. The molecule has 1 saturated heterocycles. The zero-order valence-corrected chi connectivity index (χ0v) is 23.3. The molecule has 0 spiro atoms. The maximum Gasteiger partial charge on any atom is 0.220 e. The van der Waals surface area contributed by atoms with Gasteiger partial charge in [-0.15, -0.1) is 11.6 Å². The van der Waals surface area contributed by atoms with Crippen molar-refractivity contribution in [2.45, 2.75) is 55.4 Å². The first-order valence-electron chi connectivity index (χ1n) is 11.3. The summed E-state index contributed by atoms with van der Waals surface area (Å²) in [6.45, 7) is 23.1. The quantitative estimate of drug-likeness (QED) is 0.213. The third-order valence-electron chi connectivity index (χ3n) is 4.63. The average molecular weight is 515 g/mol. The van der Waals surface area contributed by atoms with Crippen molar-refractivity contribution in [3.05, 3.63) is 0 Å². The van der Waals surface area contributed by atoms with Crippen LogP contribution in [-0.4, -0.2) is 113 Å². The molecule has 0 N–H and O–H groups in total. The molecular weight excluding hydrogens is 469 g/mol. The van der Waals surface area contributed by atoms with E-state index in [2.05, 4.69) is 47.1 Å². The lowest BCUT2D eigenvalue weighted by atomic mass is 10.4. The van der Waals surface area contributed by atoms with Gasteiger partial charge < -0.3 is 14.6 Å². The van der Waals surface area contributed by atoms with E-state index in [0.717, 1.165) is 45.9 Å². The third kappa shape index (κ3) is 22.3. The molecular formula is C22H45Cl2N5O4. The minimum absolute atomic E-state index is 0.0301. The molecule has 1 fully saturated rings. The van der Waals surface area contributed by atoms with Crippen molar-refractivity contribution >= 4 is 46.5 Å². The van der Waals surface area contributed by atoms with Gasteiger partial charge in [-0.2, -0.15) is 0 Å². The standard InChI is InChI=1S/C9H21N3.C6H11NO2.C5H10ClNO.C2H3ClO/c1-4-10-7-11(5-2)9-12(6-3)8-10;1-3-7(4-5-8)6(2)9;1-3-7(4-6)5(2)8;1-2(3)4/h4-9H2,1-3H3;5H,3-4H2,1-2H3;3-4H2,1-2H3;1H3. The van der Waals surface area contributed by atoms with Crippen molar-refractivity contribution in [3.63, 3.8) is 0 Å². The molecule has 11 heteroatoms. The molecule has 2 amide bonds. The number of carbonyl (C=O) groups excluding carboxylic acids is 4. The van der Waals surface area contributed by atoms with E-state index < -0.39 is 0 Å². The second kappa shape index (κ2) is 23.9. The summed E-state index contributed by atoms with van der Waals surface area (Å²) in [7, 11) is 0. The van der Waals surface area contributed by atoms with Crippen LogP contribution in [0.1, 0.15) is 55.4 Å². The van der Waals surface area contributed by atoms with E-state index in [0.29, 0.717) is 19.1 Å². The topological polar surface area (TPSA) is 84.5 Å². The predicted octanol–water partition coefficient (Wildman–Crippen LogP) is 2.71. The molecule has 0 atom stereocenters. The van der Waals surface area contributed by atoms with Gasteiger partial charge in [0.1, 0.15) is 6.29 Å². The van der Waals surface area contributed by atoms with Crippen LogP contribution < -0.4 is 0 Å². The number of hydrogen-bond donors (Lipinski definition) is 0. The lowest BCUT2D eigenvalue weighted by Gasteiger charge is -2.41. The number of likely N-dealkylation sites (N-methyl/N-ethyl adjacent to an activating group) is 1. The zero-order valence-electron chi connectivity index (χ0n) is 21.8. The van der Waals surface area contributed by atoms with Gasteiger partial charge in [0.05, 0.1) is 32.6 Å². The van der Waals surface area contributed by atoms with E-state index in [-0.39, 0.29) is 23.6 Å². The van der Waals surface area contributed by atoms with Gasteiger partial charge >= 0.3 is 0 Å². The normalized spacial score (nSPS) is 13.8. The van der Waals surface area contributed by atoms with Gasteiger partial charge in [-0.1, -0.05) is 20.8 Å². The van der Waals surface area contributed by atoms with Crippen molar-refractivity contribution in [1.82, 2.24) is 24.5 Å². The van der Waals surface area contributed by atoms with Crippen molar-refractivity contribution in [1.29, 1.82) is 0 Å². The summed E-state index contributed by atoms with van der Waals surface area (Å²) in [6, 6.07) is 0.297. The Hall–Kier alpha value is -1.26. The first-order chi connectivity index (χ1) is 15.5. The Kier molecular flexibility index (Phi) is 26.3. The Bertz CT molecular complexity index is 503. The van der Waals surface area contributed by atoms with Crippen LogP contribution >= 0.6 is 23.2 Å². The van der Waals surface area contributed by atoms with Gasteiger partial charge in [0.15, 0.2) is 0 Å². The number of carbonyl (C=O) groups is 4. The number of nitrogens with zero attached hydrogens (tertiary/aromatic N) is 5. The highest BCUT2D eigenvalue weighted by Gasteiger charge is 2.19. The maximum absolute atomic E-state index is 10.5. The molecule has 1 heterocycles. The first-order valence-corrected chi connectivity index (χ1v) is 12.2. The van der Waals surface area contributed by atoms with Gasteiger partial charge in [0.2, 0.25) is 17.1 Å². The van der Waals surface area contributed by atoms with Crippen LogP contribution in [0.3, 0.4) is 0 Å². The van der Waals surface area contributed by atoms with E-state index in [1.165, 1.54) is 25.7 Å². The van der Waals surface area contributed by atoms with Crippen LogP contribution in [0.15, 0.2) is 0 Å². The smallest absolute Gasteiger partial charge is 0.220 e. The second-order valence-electron chi connectivity index (χ2n) is 7.07. The molecule has 0 bridgehead atoms. The molecule has 0 unspecified atom stereocenters. The Morgan fingerprint density at radius 3 is 1.15 bits per heavy atom. The Labute approximate surface area is 210 Å². The van der Waals surface area contributed by atoms with Crippen molar-refractivity contribution in [2.24, 2.45) is 0 Å². The molecule has 1 rings (SSSR count). The van der Waals surface area contributed by atoms with Crippen molar-refractivity contribution < 1.29 is 19.2 Å². The number of hydrogen-bond acceptors (Lipinski definition) is 7. The summed E-state index contributed by atoms with van der Waals surface area (Å²) >= 11 is 10.0. The van der Waals surface area contributed by atoms with Crippen LogP contribution in [0.4, 0.5) is 0 Å². The Morgan fingerprint density at radius 1 is 0.758 bits per heavy atom. The summed E-state index contributed by atoms with van der Waals surface area (Å²) in [5.74, 6) is -0.0212. The summed E-state index contributed by atoms with van der Waals surface area (Å²) < 4.78 is 0. The molecule has 196 valence electrons. The Balaban J connectivity index is -0.000000386. The van der Waals surface area contributed by atoms with Gasteiger partial charge in [-0.3, -0.25) is 29.1 Å². The highest BCUT2D eigenvalue weighted by molar-refractivity contribution is 6.62. The lowest BCUT2D eigenvalue weighted by Crippen LogP contribution is -2.54. The molecule has 1 aliphatic heterocycles. The number of alkyl halides is 1. The average Bonchev–Trinajstić information content (AvgIpc) is 2.77. The number of halogens is 2. The highest BCUT2D eigenvalue weighted by atomic mass is 35.5. The third-order valence-corrected chi connectivity index (χ3v) is 4.92. The van der Waals surface area contributed by atoms with Gasteiger partial charge in [-0.05, 0) is 45.1 Å².